The number of fused-ring (bicyclic) bond motifs is 2. The number of anilines is 2. The number of nitrogens with zero attached hydrogens (tertiary/aromatic N) is 2. The third-order valence-corrected chi connectivity index (χ3v) is 8.37. The van der Waals surface area contributed by atoms with E-state index < -0.39 is 0 Å². The van der Waals surface area contributed by atoms with Gasteiger partial charge in [-0.2, -0.15) is 0 Å². The Bertz CT molecular complexity index is 1400. The average molecular weight is 534 g/mol. The monoisotopic (exact) mass is 533 g/mol. The van der Waals surface area contributed by atoms with E-state index in [-0.39, 0.29) is 17.4 Å². The lowest BCUT2D eigenvalue weighted by Crippen LogP contribution is -2.44. The van der Waals surface area contributed by atoms with E-state index >= 15 is 0 Å². The first-order chi connectivity index (χ1) is 18.5. The maximum absolute atomic E-state index is 12.7. The first-order valence-electron chi connectivity index (χ1n) is 13.1. The molecule has 0 saturated carbocycles. The Morgan fingerprint density at radius 2 is 1.92 bits per heavy atom. The highest BCUT2D eigenvalue weighted by atomic mass is 32.2. The van der Waals surface area contributed by atoms with Crippen LogP contribution in [0.3, 0.4) is 0 Å². The highest BCUT2D eigenvalue weighted by molar-refractivity contribution is 7.99. The van der Waals surface area contributed by atoms with Gasteiger partial charge in [0.05, 0.1) is 32.5 Å². The quantitative estimate of drug-likeness (QED) is 0.414. The minimum Gasteiger partial charge on any atom is -0.440 e. The maximum Gasteiger partial charge on any atom is 0.238 e. The second kappa shape index (κ2) is 10.9. The number of rotatable bonds is 5. The number of amides is 1. The summed E-state index contributed by atoms with van der Waals surface area (Å²) in [6, 6.07) is 15.4. The molecule has 6 rings (SSSR count). The van der Waals surface area contributed by atoms with Gasteiger partial charge in [0.1, 0.15) is 5.76 Å². The SMILES string of the molecule is CC1CN(CC(=O)Nc2ccc3c(c2)Cc2cccc(-c4cc(=O)cc(N5CCOCC5)o4)c2S3)CCO1. The number of hydrogen-bond donors (Lipinski definition) is 1. The molecule has 1 N–H and O–H groups in total. The van der Waals surface area contributed by atoms with Crippen molar-refractivity contribution in [2.75, 3.05) is 62.8 Å². The van der Waals surface area contributed by atoms with E-state index in [4.69, 9.17) is 13.9 Å². The summed E-state index contributed by atoms with van der Waals surface area (Å²) in [5.74, 6) is 1.15. The molecule has 8 nitrogen and oxygen atoms in total. The van der Waals surface area contributed by atoms with Crippen LogP contribution in [-0.4, -0.2) is 69.5 Å². The van der Waals surface area contributed by atoms with Crippen LogP contribution in [0.1, 0.15) is 18.1 Å². The van der Waals surface area contributed by atoms with Crippen LogP contribution in [0, 0.1) is 0 Å². The van der Waals surface area contributed by atoms with Crippen LogP contribution in [0.25, 0.3) is 11.3 Å². The van der Waals surface area contributed by atoms with Crippen molar-refractivity contribution >= 4 is 29.2 Å². The zero-order valence-electron chi connectivity index (χ0n) is 21.4. The lowest BCUT2D eigenvalue weighted by Gasteiger charge is -2.30. The zero-order valence-corrected chi connectivity index (χ0v) is 22.2. The fourth-order valence-electron chi connectivity index (χ4n) is 5.22. The van der Waals surface area contributed by atoms with Crippen LogP contribution in [0.5, 0.6) is 0 Å². The maximum atomic E-state index is 12.7. The number of benzene rings is 2. The smallest absolute Gasteiger partial charge is 0.238 e. The summed E-state index contributed by atoms with van der Waals surface area (Å²) in [6.07, 6.45) is 0.890. The Kier molecular flexibility index (Phi) is 7.25. The summed E-state index contributed by atoms with van der Waals surface area (Å²) in [5, 5.41) is 3.07. The van der Waals surface area contributed by atoms with Crippen molar-refractivity contribution in [3.8, 4) is 11.3 Å². The van der Waals surface area contributed by atoms with Crippen LogP contribution in [0.15, 0.2) is 67.5 Å². The van der Waals surface area contributed by atoms with Gasteiger partial charge in [-0.3, -0.25) is 14.5 Å². The van der Waals surface area contributed by atoms with E-state index in [9.17, 15) is 9.59 Å². The lowest BCUT2D eigenvalue weighted by atomic mass is 10.00. The summed E-state index contributed by atoms with van der Waals surface area (Å²) in [7, 11) is 0. The van der Waals surface area contributed by atoms with Crippen molar-refractivity contribution < 1.29 is 18.7 Å². The molecule has 1 atom stereocenters. The van der Waals surface area contributed by atoms with Crippen LogP contribution in [0.2, 0.25) is 0 Å². The fourth-order valence-corrected chi connectivity index (χ4v) is 6.39. The van der Waals surface area contributed by atoms with Gasteiger partial charge in [-0.25, -0.2) is 0 Å². The molecule has 3 aromatic rings. The van der Waals surface area contributed by atoms with Crippen molar-refractivity contribution in [2.45, 2.75) is 29.2 Å². The van der Waals surface area contributed by atoms with Gasteiger partial charge in [0, 0.05) is 59.4 Å². The Morgan fingerprint density at radius 1 is 1.05 bits per heavy atom. The Labute approximate surface area is 225 Å². The Balaban J connectivity index is 1.21. The molecule has 0 aliphatic carbocycles. The highest BCUT2D eigenvalue weighted by Crippen LogP contribution is 2.45. The van der Waals surface area contributed by atoms with Crippen molar-refractivity contribution in [3.05, 3.63) is 69.9 Å². The van der Waals surface area contributed by atoms with Gasteiger partial charge in [-0.1, -0.05) is 30.0 Å². The fraction of sp³-hybridized carbons (Fsp3) is 0.379. The summed E-state index contributed by atoms with van der Waals surface area (Å²) >= 11 is 1.68. The number of carbonyl (C=O) groups is 1. The van der Waals surface area contributed by atoms with Gasteiger partial charge in [-0.15, -0.1) is 0 Å². The van der Waals surface area contributed by atoms with Crippen molar-refractivity contribution in [1.29, 1.82) is 0 Å². The van der Waals surface area contributed by atoms with Gasteiger partial charge in [0.25, 0.3) is 0 Å². The molecule has 3 aliphatic heterocycles. The average Bonchev–Trinajstić information content (AvgIpc) is 2.91. The van der Waals surface area contributed by atoms with E-state index in [1.807, 2.05) is 25.1 Å². The van der Waals surface area contributed by atoms with E-state index in [2.05, 4.69) is 33.3 Å². The van der Waals surface area contributed by atoms with Crippen molar-refractivity contribution in [1.82, 2.24) is 4.90 Å². The van der Waals surface area contributed by atoms with Gasteiger partial charge >= 0.3 is 0 Å². The third-order valence-electron chi connectivity index (χ3n) is 7.07. The molecule has 2 fully saturated rings. The van der Waals surface area contributed by atoms with Gasteiger partial charge in [0.15, 0.2) is 11.3 Å². The van der Waals surface area contributed by atoms with E-state index in [1.165, 1.54) is 11.1 Å². The molecule has 1 amide bonds. The molecule has 1 aromatic heterocycles. The zero-order chi connectivity index (χ0) is 26.1. The highest BCUT2D eigenvalue weighted by Gasteiger charge is 2.23. The number of ether oxygens (including phenoxy) is 2. The number of morpholine rings is 2. The topological polar surface area (TPSA) is 84.3 Å². The second-order valence-corrected chi connectivity index (χ2v) is 11.0. The molecule has 0 bridgehead atoms. The summed E-state index contributed by atoms with van der Waals surface area (Å²) in [5.41, 5.74) is 3.99. The minimum atomic E-state index is -0.0709. The predicted octanol–water partition coefficient (Wildman–Crippen LogP) is 3.86. The standard InChI is InChI=1S/C29H31N3O5S/c1-19-17-31(7-12-36-19)18-27(34)30-22-5-6-26-21(14-22)13-20-3-2-4-24(29(20)38-26)25-15-23(33)16-28(37-25)32-8-10-35-11-9-32/h2-6,14-16,19H,7-13,17-18H2,1H3,(H,30,34). The minimum absolute atomic E-state index is 0.0135. The molecule has 0 radical (unpaired) electrons. The normalized spacial score (nSPS) is 19.5. The van der Waals surface area contributed by atoms with Crippen LogP contribution in [-0.2, 0) is 20.7 Å². The first-order valence-corrected chi connectivity index (χ1v) is 13.9. The molecule has 1 unspecified atom stereocenters. The molecule has 198 valence electrons. The van der Waals surface area contributed by atoms with Crippen LogP contribution >= 0.6 is 11.8 Å². The molecule has 2 aromatic carbocycles. The summed E-state index contributed by atoms with van der Waals surface area (Å²) < 4.78 is 17.3. The molecule has 9 heteroatoms. The molecular weight excluding hydrogens is 502 g/mol. The van der Waals surface area contributed by atoms with Crippen molar-refractivity contribution in [2.24, 2.45) is 0 Å². The lowest BCUT2D eigenvalue weighted by molar-refractivity contribution is -0.119. The second-order valence-electron chi connectivity index (χ2n) is 9.95. The first kappa shape index (κ1) is 25.2. The van der Waals surface area contributed by atoms with E-state index in [1.54, 1.807) is 23.9 Å². The largest absolute Gasteiger partial charge is 0.440 e. The Morgan fingerprint density at radius 3 is 2.76 bits per heavy atom. The van der Waals surface area contributed by atoms with Crippen LogP contribution < -0.4 is 15.6 Å². The van der Waals surface area contributed by atoms with E-state index in [0.29, 0.717) is 51.1 Å². The predicted molar refractivity (Wildman–Crippen MR) is 147 cm³/mol. The molecule has 3 aliphatic rings. The van der Waals surface area contributed by atoms with Gasteiger partial charge < -0.3 is 24.1 Å². The Hall–Kier alpha value is -3.11. The molecular formula is C29H31N3O5S. The number of hydrogen-bond acceptors (Lipinski definition) is 8. The third kappa shape index (κ3) is 5.51. The van der Waals surface area contributed by atoms with Gasteiger partial charge in [0.2, 0.25) is 5.91 Å². The molecule has 2 saturated heterocycles. The van der Waals surface area contributed by atoms with Gasteiger partial charge in [-0.05, 0) is 42.7 Å². The molecule has 4 heterocycles. The molecule has 38 heavy (non-hydrogen) atoms. The van der Waals surface area contributed by atoms with Crippen LogP contribution in [0.4, 0.5) is 11.6 Å². The number of carbonyl (C=O) groups excluding carboxylic acids is 1. The molecule has 0 spiro atoms. The summed E-state index contributed by atoms with van der Waals surface area (Å²) in [6.45, 7) is 7.23. The number of nitrogens with one attached hydrogen (secondary N) is 1. The van der Waals surface area contributed by atoms with Crippen molar-refractivity contribution in [3.63, 3.8) is 0 Å². The van der Waals surface area contributed by atoms with E-state index in [0.717, 1.165) is 40.6 Å². The summed E-state index contributed by atoms with van der Waals surface area (Å²) in [4.78, 5) is 31.7.